The normalized spacial score (nSPS) is 17.3. The first-order valence-electron chi connectivity index (χ1n) is 8.40. The van der Waals surface area contributed by atoms with Crippen LogP contribution >= 0.6 is 0 Å². The molecule has 132 valence electrons. The van der Waals surface area contributed by atoms with Crippen LogP contribution in [0.15, 0.2) is 42.6 Å². The van der Waals surface area contributed by atoms with Gasteiger partial charge in [0.1, 0.15) is 11.6 Å². The molecule has 2 heterocycles. The molecule has 3 rings (SSSR count). The van der Waals surface area contributed by atoms with Gasteiger partial charge in [-0.15, -0.1) is 0 Å². The number of benzene rings is 1. The maximum absolute atomic E-state index is 14.3. The average molecular weight is 346 g/mol. The van der Waals surface area contributed by atoms with Crippen molar-refractivity contribution < 1.29 is 18.3 Å². The van der Waals surface area contributed by atoms with Gasteiger partial charge in [-0.25, -0.2) is 8.78 Å². The van der Waals surface area contributed by atoms with E-state index in [1.165, 1.54) is 11.0 Å². The van der Waals surface area contributed by atoms with Crippen LogP contribution in [0.2, 0.25) is 0 Å². The Morgan fingerprint density at radius 2 is 2.12 bits per heavy atom. The van der Waals surface area contributed by atoms with Gasteiger partial charge in [0.25, 0.3) is 0 Å². The Kier molecular flexibility index (Phi) is 5.71. The smallest absolute Gasteiger partial charge is 0.230 e. The molecule has 1 saturated heterocycles. The van der Waals surface area contributed by atoms with E-state index in [1.807, 2.05) is 0 Å². The van der Waals surface area contributed by atoms with Gasteiger partial charge in [0.05, 0.1) is 30.5 Å². The summed E-state index contributed by atoms with van der Waals surface area (Å²) in [6.45, 7) is 0.762. The summed E-state index contributed by atoms with van der Waals surface area (Å²) in [6, 6.07) is 8.55. The topological polar surface area (TPSA) is 42.4 Å². The quantitative estimate of drug-likeness (QED) is 0.826. The lowest BCUT2D eigenvalue weighted by Crippen LogP contribution is -2.35. The summed E-state index contributed by atoms with van der Waals surface area (Å²) in [6.07, 6.45) is 4.45. The highest BCUT2D eigenvalue weighted by Gasteiger charge is 2.25. The third-order valence-electron chi connectivity index (χ3n) is 4.22. The predicted octanol–water partition coefficient (Wildman–Crippen LogP) is 3.85. The van der Waals surface area contributed by atoms with E-state index in [4.69, 9.17) is 4.74 Å². The molecule has 1 amide bonds. The molecule has 0 radical (unpaired) electrons. The molecule has 1 fully saturated rings. The van der Waals surface area contributed by atoms with Crippen molar-refractivity contribution >= 4 is 11.6 Å². The van der Waals surface area contributed by atoms with Gasteiger partial charge in [-0.05, 0) is 43.5 Å². The molecule has 1 aliphatic heterocycles. The van der Waals surface area contributed by atoms with Crippen molar-refractivity contribution in [3.8, 4) is 0 Å². The fourth-order valence-electron chi connectivity index (χ4n) is 2.93. The number of ether oxygens (including phenoxy) is 1. The Balaban J connectivity index is 1.83. The minimum Gasteiger partial charge on any atom is -0.378 e. The van der Waals surface area contributed by atoms with E-state index in [0.29, 0.717) is 12.3 Å². The molecule has 0 N–H and O–H groups in total. The summed E-state index contributed by atoms with van der Waals surface area (Å²) in [5.74, 6) is -1.71. The van der Waals surface area contributed by atoms with Crippen molar-refractivity contribution in [2.45, 2.75) is 38.3 Å². The summed E-state index contributed by atoms with van der Waals surface area (Å²) in [4.78, 5) is 18.3. The van der Waals surface area contributed by atoms with Gasteiger partial charge in [0, 0.05) is 18.9 Å². The van der Waals surface area contributed by atoms with Gasteiger partial charge in [-0.2, -0.15) is 0 Å². The van der Waals surface area contributed by atoms with Crippen LogP contribution in [0.1, 0.15) is 31.4 Å². The van der Waals surface area contributed by atoms with Crippen molar-refractivity contribution in [2.75, 3.05) is 11.5 Å². The second-order valence-corrected chi connectivity index (χ2v) is 6.09. The molecule has 1 atom stereocenters. The van der Waals surface area contributed by atoms with Crippen molar-refractivity contribution in [2.24, 2.45) is 0 Å². The number of pyridine rings is 1. The highest BCUT2D eigenvalue weighted by molar-refractivity contribution is 5.93. The van der Waals surface area contributed by atoms with Crippen molar-refractivity contribution in [1.82, 2.24) is 4.98 Å². The van der Waals surface area contributed by atoms with Crippen molar-refractivity contribution in [1.29, 1.82) is 0 Å². The van der Waals surface area contributed by atoms with Crippen LogP contribution in [0.5, 0.6) is 0 Å². The highest BCUT2D eigenvalue weighted by Crippen LogP contribution is 2.25. The lowest BCUT2D eigenvalue weighted by molar-refractivity contribution is -0.122. The second kappa shape index (κ2) is 8.16. The van der Waals surface area contributed by atoms with Crippen molar-refractivity contribution in [3.05, 3.63) is 59.9 Å². The third kappa shape index (κ3) is 4.60. The maximum Gasteiger partial charge on any atom is 0.230 e. The van der Waals surface area contributed by atoms with E-state index >= 15 is 0 Å². The summed E-state index contributed by atoms with van der Waals surface area (Å²) in [7, 11) is 0. The van der Waals surface area contributed by atoms with E-state index in [0.717, 1.165) is 31.4 Å². The lowest BCUT2D eigenvalue weighted by Gasteiger charge is -2.27. The number of hydrogen-bond donors (Lipinski definition) is 0. The van der Waals surface area contributed by atoms with Crippen LogP contribution in [0.25, 0.3) is 0 Å². The lowest BCUT2D eigenvalue weighted by atomic mass is 10.1. The molecule has 1 aromatic heterocycles. The minimum absolute atomic E-state index is 0.0489. The zero-order valence-electron chi connectivity index (χ0n) is 13.8. The Morgan fingerprint density at radius 1 is 1.24 bits per heavy atom. The van der Waals surface area contributed by atoms with Gasteiger partial charge >= 0.3 is 0 Å². The number of carbonyl (C=O) groups is 1. The van der Waals surface area contributed by atoms with E-state index in [-0.39, 0.29) is 30.7 Å². The van der Waals surface area contributed by atoms with Gasteiger partial charge < -0.3 is 9.64 Å². The molecular formula is C19H20F2N2O2. The minimum atomic E-state index is -0.770. The standard InChI is InChI=1S/C19H20F2N2O2/c20-14-7-8-18(17(21)11-14)23(13-15-5-1-3-9-22-15)19(24)12-16-6-2-4-10-25-16/h1,3,5,7-9,11,16H,2,4,6,10,12-13H2/t16-/m0/s1. The van der Waals surface area contributed by atoms with Crippen LogP contribution in [0, 0.1) is 11.6 Å². The Hall–Kier alpha value is -2.34. The zero-order chi connectivity index (χ0) is 17.6. The van der Waals surface area contributed by atoms with E-state index < -0.39 is 11.6 Å². The fraction of sp³-hybridized carbons (Fsp3) is 0.368. The van der Waals surface area contributed by atoms with Crippen LogP contribution in [-0.4, -0.2) is 23.6 Å². The molecule has 1 aliphatic rings. The van der Waals surface area contributed by atoms with E-state index in [2.05, 4.69) is 4.98 Å². The van der Waals surface area contributed by atoms with Gasteiger partial charge in [-0.3, -0.25) is 9.78 Å². The zero-order valence-corrected chi connectivity index (χ0v) is 13.8. The first kappa shape index (κ1) is 17.5. The van der Waals surface area contributed by atoms with Crippen LogP contribution < -0.4 is 4.90 Å². The molecule has 25 heavy (non-hydrogen) atoms. The fourth-order valence-corrected chi connectivity index (χ4v) is 2.93. The molecule has 6 heteroatoms. The molecule has 0 unspecified atom stereocenters. The first-order chi connectivity index (χ1) is 12.1. The number of carbonyl (C=O) groups excluding carboxylic acids is 1. The highest BCUT2D eigenvalue weighted by atomic mass is 19.1. The predicted molar refractivity (Wildman–Crippen MR) is 90.0 cm³/mol. The largest absolute Gasteiger partial charge is 0.378 e. The summed E-state index contributed by atoms with van der Waals surface area (Å²) in [5.41, 5.74) is 0.678. The number of amides is 1. The molecule has 0 saturated carbocycles. The first-order valence-corrected chi connectivity index (χ1v) is 8.40. The molecule has 0 spiro atoms. The number of nitrogens with zero attached hydrogens (tertiary/aromatic N) is 2. The SMILES string of the molecule is O=C(C[C@@H]1CCCCO1)N(Cc1ccccn1)c1ccc(F)cc1F. The molecule has 4 nitrogen and oxygen atoms in total. The molecule has 0 aliphatic carbocycles. The van der Waals surface area contributed by atoms with Crippen LogP contribution in [-0.2, 0) is 16.1 Å². The summed E-state index contributed by atoms with van der Waals surface area (Å²) >= 11 is 0. The monoisotopic (exact) mass is 346 g/mol. The number of aromatic nitrogens is 1. The average Bonchev–Trinajstić information content (AvgIpc) is 2.62. The summed E-state index contributed by atoms with van der Waals surface area (Å²) < 4.78 is 33.1. The number of anilines is 1. The molecule has 2 aromatic rings. The summed E-state index contributed by atoms with van der Waals surface area (Å²) in [5, 5.41) is 0. The van der Waals surface area contributed by atoms with Crippen molar-refractivity contribution in [3.63, 3.8) is 0 Å². The number of hydrogen-bond acceptors (Lipinski definition) is 3. The van der Waals surface area contributed by atoms with Gasteiger partial charge in [0.15, 0.2) is 0 Å². The number of halogens is 2. The van der Waals surface area contributed by atoms with Gasteiger partial charge in [-0.1, -0.05) is 6.07 Å². The maximum atomic E-state index is 14.3. The van der Waals surface area contributed by atoms with Crippen LogP contribution in [0.4, 0.5) is 14.5 Å². The van der Waals surface area contributed by atoms with E-state index in [9.17, 15) is 13.6 Å². The van der Waals surface area contributed by atoms with Crippen LogP contribution in [0.3, 0.4) is 0 Å². The molecule has 0 bridgehead atoms. The molecule has 1 aromatic carbocycles. The Bertz CT molecular complexity index is 719. The third-order valence-corrected chi connectivity index (χ3v) is 4.22. The van der Waals surface area contributed by atoms with E-state index in [1.54, 1.807) is 24.4 Å². The number of rotatable bonds is 5. The van der Waals surface area contributed by atoms with Gasteiger partial charge in [0.2, 0.25) is 5.91 Å². The second-order valence-electron chi connectivity index (χ2n) is 6.09. The Morgan fingerprint density at radius 3 is 2.80 bits per heavy atom. The molecular weight excluding hydrogens is 326 g/mol. The Labute approximate surface area is 145 Å².